The highest BCUT2D eigenvalue weighted by atomic mass is 17.1. The first-order chi connectivity index (χ1) is 11.3. The molecule has 0 aromatic rings. The van der Waals surface area contributed by atoms with Crippen molar-refractivity contribution in [3.63, 3.8) is 0 Å². The van der Waals surface area contributed by atoms with Gasteiger partial charge in [-0.15, -0.1) is 0 Å². The topological polar surface area (TPSA) is 199 Å². The molecule has 2 aliphatic rings. The third kappa shape index (κ3) is 3.70. The average Bonchev–Trinajstić information content (AvgIpc) is 2.57. The molecule has 0 amide bonds. The maximum absolute atomic E-state index is 10.1. The van der Waals surface area contributed by atoms with Crippen LogP contribution < -0.4 is 0 Å². The molecule has 0 radical (unpaired) electrons. The summed E-state index contributed by atoms with van der Waals surface area (Å²) >= 11 is 0. The van der Waals surface area contributed by atoms with Gasteiger partial charge in [-0.2, -0.15) is 0 Å². The van der Waals surface area contributed by atoms with Crippen molar-refractivity contribution in [1.82, 2.24) is 0 Å². The molecular weight excluding hydrogens is 336 g/mol. The van der Waals surface area contributed by atoms with E-state index in [0.717, 1.165) is 0 Å². The van der Waals surface area contributed by atoms with Crippen LogP contribution in [0.25, 0.3) is 0 Å². The van der Waals surface area contributed by atoms with Crippen molar-refractivity contribution in [2.75, 3.05) is 13.2 Å². The van der Waals surface area contributed by atoms with Crippen molar-refractivity contribution in [3.8, 4) is 0 Å². The van der Waals surface area contributed by atoms with Crippen molar-refractivity contribution in [2.24, 2.45) is 0 Å². The minimum absolute atomic E-state index is 0.682. The molecule has 12 nitrogen and oxygen atoms in total. The molecule has 2 aliphatic heterocycles. The lowest BCUT2D eigenvalue weighted by Gasteiger charge is -2.45. The van der Waals surface area contributed by atoms with Crippen LogP contribution in [-0.2, 0) is 19.1 Å². The van der Waals surface area contributed by atoms with Gasteiger partial charge in [-0.25, -0.2) is 4.89 Å². The number of rotatable bonds is 5. The highest BCUT2D eigenvalue weighted by molar-refractivity contribution is 4.93. The summed E-state index contributed by atoms with van der Waals surface area (Å²) in [6, 6.07) is 0. The zero-order valence-corrected chi connectivity index (χ0v) is 12.4. The molecule has 0 spiro atoms. The number of aliphatic hydroxyl groups is 7. The van der Waals surface area contributed by atoms with E-state index in [1.165, 1.54) is 0 Å². The molecule has 0 aromatic carbocycles. The maximum atomic E-state index is 10.1. The summed E-state index contributed by atoms with van der Waals surface area (Å²) < 4.78 is 15.4. The third-order valence-electron chi connectivity index (χ3n) is 4.08. The minimum atomic E-state index is -1.75. The maximum Gasteiger partial charge on any atom is 0.187 e. The van der Waals surface area contributed by atoms with E-state index in [0.29, 0.717) is 0 Å². The first-order valence-electron chi connectivity index (χ1n) is 7.24. The van der Waals surface area contributed by atoms with Crippen LogP contribution in [0, 0.1) is 0 Å². The summed E-state index contributed by atoms with van der Waals surface area (Å²) in [5.41, 5.74) is 0. The first kappa shape index (κ1) is 19.8. The van der Waals surface area contributed by atoms with Crippen LogP contribution >= 0.6 is 0 Å². The van der Waals surface area contributed by atoms with E-state index in [1.807, 2.05) is 0 Å². The highest BCUT2D eigenvalue weighted by Crippen LogP contribution is 2.29. The second-order valence-corrected chi connectivity index (χ2v) is 5.61. The zero-order chi connectivity index (χ0) is 18.0. The molecule has 2 fully saturated rings. The van der Waals surface area contributed by atoms with Crippen LogP contribution in [0.1, 0.15) is 0 Å². The average molecular weight is 358 g/mol. The van der Waals surface area contributed by atoms with Gasteiger partial charge in [-0.3, -0.25) is 5.26 Å². The summed E-state index contributed by atoms with van der Waals surface area (Å²) in [4.78, 5) is 3.92. The van der Waals surface area contributed by atoms with E-state index in [-0.39, 0.29) is 0 Å². The van der Waals surface area contributed by atoms with Gasteiger partial charge in [0, 0.05) is 0 Å². The molecule has 0 bridgehead atoms. The molecule has 2 saturated heterocycles. The van der Waals surface area contributed by atoms with Crippen LogP contribution in [-0.4, -0.2) is 116 Å². The zero-order valence-electron chi connectivity index (χ0n) is 12.4. The van der Waals surface area contributed by atoms with Gasteiger partial charge in [-0.05, 0) is 0 Å². The Labute approximate surface area is 135 Å². The first-order valence-corrected chi connectivity index (χ1v) is 7.24. The van der Waals surface area contributed by atoms with E-state index >= 15 is 0 Å². The van der Waals surface area contributed by atoms with E-state index in [2.05, 4.69) is 4.89 Å². The highest BCUT2D eigenvalue weighted by Gasteiger charge is 2.51. The van der Waals surface area contributed by atoms with Crippen molar-refractivity contribution in [1.29, 1.82) is 0 Å². The van der Waals surface area contributed by atoms with Gasteiger partial charge in [0.2, 0.25) is 0 Å². The molecule has 0 unspecified atom stereocenters. The summed E-state index contributed by atoms with van der Waals surface area (Å²) in [7, 11) is 0. The van der Waals surface area contributed by atoms with Crippen molar-refractivity contribution >= 4 is 0 Å². The molecule has 0 aliphatic carbocycles. The van der Waals surface area contributed by atoms with Crippen molar-refractivity contribution in [2.45, 2.75) is 61.4 Å². The van der Waals surface area contributed by atoms with Crippen molar-refractivity contribution < 1.29 is 60.1 Å². The smallest absolute Gasteiger partial charge is 0.187 e. The van der Waals surface area contributed by atoms with E-state index < -0.39 is 74.6 Å². The van der Waals surface area contributed by atoms with Crippen LogP contribution in [0.3, 0.4) is 0 Å². The van der Waals surface area contributed by atoms with Crippen LogP contribution in [0.5, 0.6) is 0 Å². The quantitative estimate of drug-likeness (QED) is 0.172. The Bertz CT molecular complexity index is 394. The van der Waals surface area contributed by atoms with Gasteiger partial charge in [0.1, 0.15) is 42.7 Å². The number of hydrogen-bond acceptors (Lipinski definition) is 12. The third-order valence-corrected chi connectivity index (χ3v) is 4.08. The summed E-state index contributed by atoms with van der Waals surface area (Å²) in [5, 5.41) is 76.1. The Hall–Kier alpha value is -0.480. The van der Waals surface area contributed by atoms with Gasteiger partial charge in [0.15, 0.2) is 18.7 Å². The fraction of sp³-hybridized carbons (Fsp3) is 1.00. The number of ether oxygens (including phenoxy) is 3. The van der Waals surface area contributed by atoms with Crippen LogP contribution in [0.4, 0.5) is 0 Å². The van der Waals surface area contributed by atoms with Gasteiger partial charge >= 0.3 is 0 Å². The van der Waals surface area contributed by atoms with Crippen LogP contribution in [0.2, 0.25) is 0 Å². The Morgan fingerprint density at radius 2 is 1.33 bits per heavy atom. The molecule has 2 heterocycles. The molecule has 142 valence electrons. The lowest BCUT2D eigenvalue weighted by Crippen LogP contribution is -2.64. The molecule has 12 heteroatoms. The predicted molar refractivity (Wildman–Crippen MR) is 70.1 cm³/mol. The molecule has 0 saturated carbocycles. The SMILES string of the molecule is OC[C@H]1O[C@@H](O[C@H]2[C@H](O)[C@H](OO)[C@H](O)O[C@@H]2CO)[C@@H](O)[C@@H](O)[C@@H]1O. The fourth-order valence-corrected chi connectivity index (χ4v) is 2.67. The Balaban J connectivity index is 2.14. The Morgan fingerprint density at radius 3 is 1.88 bits per heavy atom. The molecule has 2 rings (SSSR count). The molecule has 0 aromatic heterocycles. The predicted octanol–water partition coefficient (Wildman–Crippen LogP) is -4.90. The van der Waals surface area contributed by atoms with Gasteiger partial charge in [0.05, 0.1) is 13.2 Å². The minimum Gasteiger partial charge on any atom is -0.394 e. The summed E-state index contributed by atoms with van der Waals surface area (Å²) in [6.45, 7) is -1.38. The second-order valence-electron chi connectivity index (χ2n) is 5.61. The molecule has 8 N–H and O–H groups in total. The lowest BCUT2D eigenvalue weighted by molar-refractivity contribution is -0.400. The summed E-state index contributed by atoms with van der Waals surface area (Å²) in [6.07, 6.45) is -15.7. The van der Waals surface area contributed by atoms with Gasteiger partial charge < -0.3 is 50.0 Å². The summed E-state index contributed by atoms with van der Waals surface area (Å²) in [5.74, 6) is 0. The monoisotopic (exact) mass is 358 g/mol. The van der Waals surface area contributed by atoms with Gasteiger partial charge in [-0.1, -0.05) is 0 Å². The molecule has 10 atom stereocenters. The van der Waals surface area contributed by atoms with E-state index in [9.17, 15) is 30.6 Å². The van der Waals surface area contributed by atoms with E-state index in [1.54, 1.807) is 0 Å². The largest absolute Gasteiger partial charge is 0.394 e. The number of hydrogen-bond donors (Lipinski definition) is 8. The van der Waals surface area contributed by atoms with E-state index in [4.69, 9.17) is 24.6 Å². The standard InChI is InChI=1S/C12H22O12/c13-1-3-5(15)6(16)7(17)12(22-3)23-9-4(2-14)21-11(19)10(24-20)8(9)18/h3-20H,1-2H2/t3-,4-,5-,6+,7+,8+,9-,10+,11-,12+/m1/s1. The Morgan fingerprint density at radius 1 is 0.708 bits per heavy atom. The molecular formula is C12H22O12. The normalized spacial score (nSPS) is 50.0. The molecule has 24 heavy (non-hydrogen) atoms. The fourth-order valence-electron chi connectivity index (χ4n) is 2.67. The van der Waals surface area contributed by atoms with Gasteiger partial charge in [0.25, 0.3) is 0 Å². The Kier molecular flexibility index (Phi) is 6.83. The lowest BCUT2D eigenvalue weighted by atomic mass is 9.97. The van der Waals surface area contributed by atoms with Crippen LogP contribution in [0.15, 0.2) is 0 Å². The number of aliphatic hydroxyl groups excluding tert-OH is 7. The second kappa shape index (κ2) is 8.27. The van der Waals surface area contributed by atoms with Crippen molar-refractivity contribution in [3.05, 3.63) is 0 Å².